The fourth-order valence-electron chi connectivity index (χ4n) is 6.17. The zero-order valence-electron chi connectivity index (χ0n) is 27.5. The van der Waals surface area contributed by atoms with Crippen LogP contribution in [0.1, 0.15) is 11.3 Å². The summed E-state index contributed by atoms with van der Waals surface area (Å²) in [4.78, 5) is 16.7. The van der Waals surface area contributed by atoms with Gasteiger partial charge in [-0.1, -0.05) is 49.4 Å². The van der Waals surface area contributed by atoms with Crippen molar-refractivity contribution in [3.63, 3.8) is 0 Å². The Morgan fingerprint density at radius 1 is 1.08 bits per heavy atom. The van der Waals surface area contributed by atoms with Crippen LogP contribution in [0, 0.1) is 0 Å². The number of halogens is 1. The lowest BCUT2D eigenvalue weighted by Crippen LogP contribution is -2.35. The van der Waals surface area contributed by atoms with E-state index < -0.39 is 36.1 Å². The topological polar surface area (TPSA) is 133 Å². The van der Waals surface area contributed by atoms with Crippen LogP contribution in [0.3, 0.4) is 0 Å². The first-order valence-corrected chi connectivity index (χ1v) is 22.2. The van der Waals surface area contributed by atoms with Gasteiger partial charge in [0.25, 0.3) is 0 Å². The first kappa shape index (κ1) is 33.3. The average molecular weight is 713 g/mol. The van der Waals surface area contributed by atoms with Crippen molar-refractivity contribution in [1.29, 1.82) is 0 Å². The Kier molecular flexibility index (Phi) is 8.94. The van der Waals surface area contributed by atoms with E-state index in [1.54, 1.807) is 12.3 Å². The standard InChI is InChI=1S/C33H41ClN6O6SSi/c1-47(2,42)38-28-11-8-21-15-39(16-25(21)35-28)22-9-6-20(7-10-22)29-23(34)14-24-32(37-29)40(19-43-12-13-48(3,4)5)33(36-24)46-27-18-45-30-26(41)17-44-31(27)30/h6-11,14,26-27,30-31,41H,1,12-13,15-19H2,2-5H3,(H,35,38,42). The van der Waals surface area contributed by atoms with Crippen molar-refractivity contribution in [2.24, 2.45) is 0 Å². The van der Waals surface area contributed by atoms with Crippen LogP contribution in [0.4, 0.5) is 11.5 Å². The van der Waals surface area contributed by atoms with Gasteiger partial charge in [-0.25, -0.2) is 14.2 Å². The second-order valence-corrected chi connectivity index (χ2v) is 22.2. The zero-order valence-corrected chi connectivity index (χ0v) is 30.1. The van der Waals surface area contributed by atoms with Gasteiger partial charge in [-0.2, -0.15) is 4.98 Å². The summed E-state index contributed by atoms with van der Waals surface area (Å²) in [5.74, 6) is 4.22. The number of nitrogens with zero attached hydrogens (tertiary/aromatic N) is 5. The molecule has 15 heteroatoms. The van der Waals surface area contributed by atoms with Gasteiger partial charge in [0.15, 0.2) is 11.8 Å². The summed E-state index contributed by atoms with van der Waals surface area (Å²) in [6, 6.07) is 15.1. The lowest BCUT2D eigenvalue weighted by Gasteiger charge is -2.19. The Labute approximate surface area is 286 Å². The van der Waals surface area contributed by atoms with E-state index >= 15 is 0 Å². The first-order valence-electron chi connectivity index (χ1n) is 16.0. The molecule has 256 valence electrons. The molecule has 2 saturated heterocycles. The lowest BCUT2D eigenvalue weighted by atomic mass is 10.1. The smallest absolute Gasteiger partial charge is 0.301 e. The Morgan fingerprint density at radius 2 is 1.85 bits per heavy atom. The second kappa shape index (κ2) is 12.9. The molecule has 3 aliphatic rings. The van der Waals surface area contributed by atoms with Crippen molar-refractivity contribution < 1.29 is 28.3 Å². The number of fused-ring (bicyclic) bond motifs is 3. The molecule has 4 aromatic rings. The summed E-state index contributed by atoms with van der Waals surface area (Å²) in [5.41, 5.74) is 5.75. The number of aliphatic hydroxyl groups is 1. The predicted molar refractivity (Wildman–Crippen MR) is 191 cm³/mol. The Morgan fingerprint density at radius 3 is 2.60 bits per heavy atom. The van der Waals surface area contributed by atoms with Crippen molar-refractivity contribution in [1.82, 2.24) is 19.5 Å². The molecule has 0 aliphatic carbocycles. The third-order valence-corrected chi connectivity index (χ3v) is 11.3. The number of benzene rings is 1. The van der Waals surface area contributed by atoms with E-state index in [0.29, 0.717) is 46.9 Å². The van der Waals surface area contributed by atoms with Crippen LogP contribution >= 0.6 is 11.6 Å². The summed E-state index contributed by atoms with van der Waals surface area (Å²) < 4.78 is 40.9. The average Bonchev–Trinajstić information content (AvgIpc) is 3.78. The van der Waals surface area contributed by atoms with Crippen molar-refractivity contribution in [2.45, 2.75) is 69.9 Å². The molecule has 12 nitrogen and oxygen atoms in total. The zero-order chi connectivity index (χ0) is 33.8. The van der Waals surface area contributed by atoms with Crippen LogP contribution in [-0.2, 0) is 43.7 Å². The Balaban J connectivity index is 1.13. The molecule has 7 rings (SSSR count). The van der Waals surface area contributed by atoms with Gasteiger partial charge in [0.05, 0.1) is 36.2 Å². The van der Waals surface area contributed by atoms with Gasteiger partial charge >= 0.3 is 6.01 Å². The molecule has 0 amide bonds. The minimum absolute atomic E-state index is 0.208. The molecule has 6 heterocycles. The second-order valence-electron chi connectivity index (χ2n) is 14.0. The molecule has 0 saturated carbocycles. The fraction of sp³-hybridized carbons (Fsp3) is 0.455. The third kappa shape index (κ3) is 7.06. The molecule has 2 N–H and O–H groups in total. The van der Waals surface area contributed by atoms with Crippen LogP contribution < -0.4 is 14.4 Å². The molecule has 0 spiro atoms. The van der Waals surface area contributed by atoms with Gasteiger partial charge in [-0.15, -0.1) is 0 Å². The maximum absolute atomic E-state index is 12.1. The molecule has 1 aromatic carbocycles. The van der Waals surface area contributed by atoms with Gasteiger partial charge < -0.3 is 29.0 Å². The number of imidazole rings is 1. The molecule has 0 radical (unpaired) electrons. The number of aromatic nitrogens is 4. The van der Waals surface area contributed by atoms with E-state index in [9.17, 15) is 9.32 Å². The van der Waals surface area contributed by atoms with Crippen LogP contribution in [0.2, 0.25) is 30.7 Å². The Bertz CT molecular complexity index is 1940. The minimum atomic E-state index is -2.41. The number of hydrogen-bond donors (Lipinski definition) is 2. The monoisotopic (exact) mass is 712 g/mol. The highest BCUT2D eigenvalue weighted by Gasteiger charge is 2.49. The quantitative estimate of drug-likeness (QED) is 0.130. The number of ether oxygens (including phenoxy) is 4. The van der Waals surface area contributed by atoms with E-state index in [1.165, 1.54) is 0 Å². The van der Waals surface area contributed by atoms with Gasteiger partial charge in [0.1, 0.15) is 36.4 Å². The van der Waals surface area contributed by atoms with E-state index in [0.717, 1.165) is 35.1 Å². The van der Waals surface area contributed by atoms with Crippen LogP contribution in [0.25, 0.3) is 22.4 Å². The summed E-state index contributed by atoms with van der Waals surface area (Å²) in [7, 11) is -3.71. The molecular formula is C33H41ClN6O6SSi. The number of hydrogen-bond acceptors (Lipinski definition) is 10. The number of pyridine rings is 2. The maximum atomic E-state index is 12.1. The molecule has 5 unspecified atom stereocenters. The summed E-state index contributed by atoms with van der Waals surface area (Å²) in [5, 5.41) is 10.7. The molecule has 5 atom stereocenters. The highest BCUT2D eigenvalue weighted by Crippen LogP contribution is 2.35. The van der Waals surface area contributed by atoms with Crippen molar-refractivity contribution >= 4 is 57.9 Å². The largest absolute Gasteiger partial charge is 0.456 e. The normalized spacial score (nSPS) is 23.3. The van der Waals surface area contributed by atoms with E-state index in [-0.39, 0.29) is 26.0 Å². The van der Waals surface area contributed by atoms with Crippen molar-refractivity contribution in [2.75, 3.05) is 35.7 Å². The summed E-state index contributed by atoms with van der Waals surface area (Å²) in [6.45, 7) is 9.61. The minimum Gasteiger partial charge on any atom is -0.456 e. The van der Waals surface area contributed by atoms with Crippen molar-refractivity contribution in [3.05, 3.63) is 58.7 Å². The van der Waals surface area contributed by atoms with E-state index in [2.05, 4.69) is 52.3 Å². The highest BCUT2D eigenvalue weighted by molar-refractivity contribution is 8.00. The number of nitrogens with one attached hydrogen (secondary N) is 1. The van der Waals surface area contributed by atoms with Crippen LogP contribution in [0.15, 0.2) is 42.5 Å². The molecule has 3 aliphatic heterocycles. The number of rotatable bonds is 11. The first-order chi connectivity index (χ1) is 22.8. The fourth-order valence-corrected chi connectivity index (χ4v) is 7.74. The lowest BCUT2D eigenvalue weighted by molar-refractivity contribution is 0.00336. The molecule has 0 bridgehead atoms. The van der Waals surface area contributed by atoms with Gasteiger partial charge in [0.2, 0.25) is 0 Å². The maximum Gasteiger partial charge on any atom is 0.301 e. The van der Waals surface area contributed by atoms with Gasteiger partial charge in [-0.05, 0) is 41.7 Å². The number of anilines is 2. The molecule has 3 aromatic heterocycles. The Hall–Kier alpha value is -3.24. The SMILES string of the molecule is C=S(C)(=O)Nc1ccc2c(n1)CN(c1ccc(-c3nc4c(cc3Cl)nc(OC3COC5C(O)COC35)n4COCC[Si](C)(C)C)cc1)C2. The van der Waals surface area contributed by atoms with Crippen LogP contribution in [-0.4, -0.2) is 93.3 Å². The molecule has 2 fully saturated rings. The van der Waals surface area contributed by atoms with E-state index in [1.807, 2.05) is 28.8 Å². The molecular weight excluding hydrogens is 672 g/mol. The predicted octanol–water partition coefficient (Wildman–Crippen LogP) is 4.56. The summed E-state index contributed by atoms with van der Waals surface area (Å²) >= 11 is 6.83. The third-order valence-electron chi connectivity index (χ3n) is 8.69. The van der Waals surface area contributed by atoms with Gasteiger partial charge in [0, 0.05) is 48.4 Å². The van der Waals surface area contributed by atoms with Gasteiger partial charge in [-0.3, -0.25) is 9.29 Å². The summed E-state index contributed by atoms with van der Waals surface area (Å²) in [6.07, 6.45) is -0.356. The van der Waals surface area contributed by atoms with Crippen LogP contribution in [0.5, 0.6) is 6.01 Å². The van der Waals surface area contributed by atoms with E-state index in [4.69, 9.17) is 40.5 Å². The molecule has 48 heavy (non-hydrogen) atoms. The highest BCUT2D eigenvalue weighted by atomic mass is 35.5. The van der Waals surface area contributed by atoms with Crippen molar-refractivity contribution in [3.8, 4) is 17.3 Å². The number of aliphatic hydroxyl groups excluding tert-OH is 1.